The first-order chi connectivity index (χ1) is 19.0. The molecule has 0 spiro atoms. The average molecular weight is 631 g/mol. The number of esters is 1. The number of ether oxygens (including phenoxy) is 2. The van der Waals surface area contributed by atoms with Crippen molar-refractivity contribution in [2.75, 3.05) is 33.3 Å². The van der Waals surface area contributed by atoms with E-state index in [-0.39, 0.29) is 23.0 Å². The monoisotopic (exact) mass is 629 g/mol. The first-order valence-electron chi connectivity index (χ1n) is 12.9. The fourth-order valence-electron chi connectivity index (χ4n) is 5.86. The van der Waals surface area contributed by atoms with Crippen LogP contribution in [0.1, 0.15) is 19.4 Å². The largest absolute Gasteiger partial charge is 0.453 e. The minimum Gasteiger partial charge on any atom is -0.453 e. The Bertz CT molecular complexity index is 1290. The maximum absolute atomic E-state index is 13.8. The Labute approximate surface area is 253 Å². The van der Waals surface area contributed by atoms with E-state index in [0.717, 1.165) is 5.56 Å². The summed E-state index contributed by atoms with van der Waals surface area (Å²) in [6.45, 7) is 5.38. The van der Waals surface area contributed by atoms with Gasteiger partial charge in [0.05, 0.1) is 38.7 Å². The quantitative estimate of drug-likeness (QED) is 0.317. The molecular weight excluding hydrogens is 600 g/mol. The number of halogens is 4. The van der Waals surface area contributed by atoms with Gasteiger partial charge >= 0.3 is 12.1 Å². The van der Waals surface area contributed by atoms with Crippen LogP contribution in [0.4, 0.5) is 4.79 Å². The van der Waals surface area contributed by atoms with Crippen molar-refractivity contribution >= 4 is 64.2 Å². The van der Waals surface area contributed by atoms with Crippen LogP contribution in [0, 0.1) is 17.8 Å². The summed E-state index contributed by atoms with van der Waals surface area (Å²) in [5.41, 5.74) is -0.124. The van der Waals surface area contributed by atoms with Crippen molar-refractivity contribution < 1.29 is 23.9 Å². The summed E-state index contributed by atoms with van der Waals surface area (Å²) in [4.78, 5) is 41.8. The normalized spacial score (nSPS) is 25.4. The van der Waals surface area contributed by atoms with E-state index < -0.39 is 41.4 Å². The van der Waals surface area contributed by atoms with Crippen molar-refractivity contribution in [3.63, 3.8) is 0 Å². The lowest BCUT2D eigenvalue weighted by molar-refractivity contribution is -0.141. The number of nitrogens with zero attached hydrogens (tertiary/aromatic N) is 1. The summed E-state index contributed by atoms with van der Waals surface area (Å²) >= 11 is 24.4. The van der Waals surface area contributed by atoms with Gasteiger partial charge in [-0.25, -0.2) is 4.79 Å². The molecule has 40 heavy (non-hydrogen) atoms. The fraction of sp³-hybridized carbons (Fsp3) is 0.464. The van der Waals surface area contributed by atoms with E-state index >= 15 is 0 Å². The van der Waals surface area contributed by atoms with Gasteiger partial charge in [0.15, 0.2) is 0 Å². The summed E-state index contributed by atoms with van der Waals surface area (Å²) < 4.78 is 10.8. The molecule has 0 aromatic heterocycles. The van der Waals surface area contributed by atoms with Crippen LogP contribution in [0.5, 0.6) is 5.75 Å². The third kappa shape index (κ3) is 6.37. The van der Waals surface area contributed by atoms with Crippen LogP contribution in [0.3, 0.4) is 0 Å². The Morgan fingerprint density at radius 2 is 1.73 bits per heavy atom. The number of ketones is 1. The molecule has 2 aliphatic rings. The van der Waals surface area contributed by atoms with Crippen molar-refractivity contribution in [2.45, 2.75) is 31.8 Å². The molecule has 0 saturated carbocycles. The second kappa shape index (κ2) is 12.8. The van der Waals surface area contributed by atoms with Gasteiger partial charge in [0.1, 0.15) is 11.5 Å². The highest BCUT2D eigenvalue weighted by atomic mass is 35.5. The van der Waals surface area contributed by atoms with Gasteiger partial charge in [0.2, 0.25) is 0 Å². The number of piperazine rings is 1. The molecule has 0 aliphatic carbocycles. The molecule has 2 heterocycles. The lowest BCUT2D eigenvalue weighted by Crippen LogP contribution is -2.68. The van der Waals surface area contributed by atoms with Crippen LogP contribution in [-0.2, 0) is 20.7 Å². The third-order valence-corrected chi connectivity index (χ3v) is 9.39. The predicted molar refractivity (Wildman–Crippen MR) is 156 cm³/mol. The van der Waals surface area contributed by atoms with E-state index in [9.17, 15) is 14.4 Å². The number of Topliss-reactive ketones (excluding diaryl/α,β-unsaturated/α-hetero) is 1. The minimum absolute atomic E-state index is 0.0416. The van der Waals surface area contributed by atoms with Crippen LogP contribution >= 0.6 is 46.4 Å². The molecule has 2 aromatic carbocycles. The van der Waals surface area contributed by atoms with Crippen LogP contribution in [0.2, 0.25) is 20.1 Å². The molecule has 2 fully saturated rings. The van der Waals surface area contributed by atoms with Gasteiger partial charge in [-0.05, 0) is 36.8 Å². The van der Waals surface area contributed by atoms with Gasteiger partial charge < -0.3 is 20.1 Å². The molecule has 2 saturated heterocycles. The van der Waals surface area contributed by atoms with Crippen LogP contribution in [-0.4, -0.2) is 67.6 Å². The molecule has 1 amide bonds. The van der Waals surface area contributed by atoms with Crippen LogP contribution < -0.4 is 15.4 Å². The highest BCUT2D eigenvalue weighted by molar-refractivity contribution is 6.42. The first kappa shape index (κ1) is 30.9. The standard InChI is InChI=1S/C28H31Cl4N3O5/c1-15(26(37)40-17-5-7-20(30)22(32)12-17)25-24(28(2)14-33-8-9-35(28)27(38)39-3)18(13-34-25)23(36)11-16-4-6-19(29)21(31)10-16/h4-7,10,12,15,18,24-25,33-34H,8-9,11,13-14H2,1-3H3/t15-,18?,24?,25+,28?/m0/s1. The van der Waals surface area contributed by atoms with Crippen LogP contribution in [0.15, 0.2) is 36.4 Å². The van der Waals surface area contributed by atoms with Gasteiger partial charge in [-0.1, -0.05) is 59.4 Å². The average Bonchev–Trinajstić information content (AvgIpc) is 3.38. The van der Waals surface area contributed by atoms with Crippen molar-refractivity contribution in [3.8, 4) is 5.75 Å². The van der Waals surface area contributed by atoms with Gasteiger partial charge in [0, 0.05) is 56.5 Å². The summed E-state index contributed by atoms with van der Waals surface area (Å²) in [6.07, 6.45) is -0.368. The second-order valence-corrected chi connectivity index (χ2v) is 12.0. The van der Waals surface area contributed by atoms with E-state index in [1.165, 1.54) is 13.2 Å². The number of hydrogen-bond donors (Lipinski definition) is 2. The Kier molecular flexibility index (Phi) is 9.91. The summed E-state index contributed by atoms with van der Waals surface area (Å²) in [5, 5.41) is 8.15. The lowest BCUT2D eigenvalue weighted by Gasteiger charge is -2.51. The zero-order chi connectivity index (χ0) is 29.2. The predicted octanol–water partition coefficient (Wildman–Crippen LogP) is 5.29. The summed E-state index contributed by atoms with van der Waals surface area (Å²) in [5.74, 6) is -1.94. The van der Waals surface area contributed by atoms with E-state index in [4.69, 9.17) is 55.9 Å². The van der Waals surface area contributed by atoms with Crippen molar-refractivity contribution in [1.82, 2.24) is 15.5 Å². The highest BCUT2D eigenvalue weighted by Gasteiger charge is 2.56. The van der Waals surface area contributed by atoms with Gasteiger partial charge in [-0.3, -0.25) is 14.5 Å². The van der Waals surface area contributed by atoms with Gasteiger partial charge in [-0.2, -0.15) is 0 Å². The first-order valence-corrected chi connectivity index (χ1v) is 14.4. The number of rotatable bonds is 7. The molecule has 2 aromatic rings. The van der Waals surface area contributed by atoms with E-state index in [2.05, 4.69) is 10.6 Å². The molecule has 2 aliphatic heterocycles. The smallest absolute Gasteiger partial charge is 0.410 e. The number of nitrogens with one attached hydrogen (secondary N) is 2. The van der Waals surface area contributed by atoms with E-state index in [0.29, 0.717) is 41.2 Å². The fourth-order valence-corrected chi connectivity index (χ4v) is 6.47. The second-order valence-electron chi connectivity index (χ2n) is 10.4. The Hall–Kier alpha value is -2.07. The molecule has 12 heteroatoms. The van der Waals surface area contributed by atoms with E-state index in [1.54, 1.807) is 42.2 Å². The number of carbonyl (C=O) groups is 3. The number of hydrogen-bond acceptors (Lipinski definition) is 7. The van der Waals surface area contributed by atoms with Crippen molar-refractivity contribution in [2.24, 2.45) is 17.8 Å². The molecule has 4 rings (SSSR count). The Morgan fingerprint density at radius 1 is 1.05 bits per heavy atom. The molecular formula is C28H31Cl4N3O5. The summed E-state index contributed by atoms with van der Waals surface area (Å²) in [6, 6.07) is 9.20. The molecule has 5 atom stereocenters. The number of benzene rings is 2. The Balaban J connectivity index is 1.65. The highest BCUT2D eigenvalue weighted by Crippen LogP contribution is 2.42. The number of carbonyl (C=O) groups excluding carboxylic acids is 3. The molecule has 8 nitrogen and oxygen atoms in total. The number of methoxy groups -OCH3 is 1. The SMILES string of the molecule is COC(=O)N1CCNCC1(C)C1C(C(=O)Cc2ccc(Cl)c(Cl)c2)CN[C@@H]1[C@H](C)C(=O)Oc1ccc(Cl)c(Cl)c1. The number of amides is 1. The van der Waals surface area contributed by atoms with Gasteiger partial charge in [0.25, 0.3) is 0 Å². The topological polar surface area (TPSA) is 97.0 Å². The van der Waals surface area contributed by atoms with Crippen LogP contribution in [0.25, 0.3) is 0 Å². The maximum atomic E-state index is 13.8. The molecule has 0 radical (unpaired) electrons. The molecule has 2 N–H and O–H groups in total. The summed E-state index contributed by atoms with van der Waals surface area (Å²) in [7, 11) is 1.33. The molecule has 3 unspecified atom stereocenters. The van der Waals surface area contributed by atoms with Gasteiger partial charge in [-0.15, -0.1) is 0 Å². The maximum Gasteiger partial charge on any atom is 0.410 e. The van der Waals surface area contributed by atoms with Crippen molar-refractivity contribution in [3.05, 3.63) is 62.1 Å². The minimum atomic E-state index is -0.852. The zero-order valence-electron chi connectivity index (χ0n) is 22.3. The van der Waals surface area contributed by atoms with E-state index in [1.807, 2.05) is 6.92 Å². The third-order valence-electron chi connectivity index (χ3n) is 7.91. The molecule has 216 valence electrons. The molecule has 0 bridgehead atoms. The van der Waals surface area contributed by atoms with Crippen molar-refractivity contribution in [1.29, 1.82) is 0 Å². The zero-order valence-corrected chi connectivity index (χ0v) is 25.3. The lowest BCUT2D eigenvalue weighted by atomic mass is 9.68. The Morgan fingerprint density at radius 3 is 2.38 bits per heavy atom.